The van der Waals surface area contributed by atoms with Crippen molar-refractivity contribution in [3.05, 3.63) is 101 Å². The molecule has 3 aromatic rings. The van der Waals surface area contributed by atoms with Crippen molar-refractivity contribution in [3.8, 4) is 0 Å². The topological polar surface area (TPSA) is 193 Å². The highest BCUT2D eigenvalue weighted by Gasteiger charge is 2.49. The third-order valence-electron chi connectivity index (χ3n) is 17.5. The molecular weight excluding hydrogens is 945 g/mol. The van der Waals surface area contributed by atoms with Gasteiger partial charge in [-0.1, -0.05) is 159 Å². The zero-order valence-corrected chi connectivity index (χ0v) is 48.6. The lowest BCUT2D eigenvalue weighted by molar-refractivity contribution is -0.148. The molecule has 0 saturated carbocycles. The summed E-state index contributed by atoms with van der Waals surface area (Å²) in [6.07, 6.45) is 8.74. The summed E-state index contributed by atoms with van der Waals surface area (Å²) in [5, 5.41) is 35.3. The summed E-state index contributed by atoms with van der Waals surface area (Å²) in [5.41, 5.74) is 0.0853. The molecule has 0 aliphatic rings. The second-order valence-electron chi connectivity index (χ2n) is 23.9. The Morgan fingerprint density at radius 1 is 0.600 bits per heavy atom. The van der Waals surface area contributed by atoms with Crippen molar-refractivity contribution in [1.82, 2.24) is 0 Å². The molecule has 7 unspecified atom stereocenters. The number of aliphatic hydroxyl groups excluding tert-OH is 1. The van der Waals surface area contributed by atoms with Gasteiger partial charge in [0.1, 0.15) is 11.4 Å². The molecule has 3 aromatic carbocycles. The Kier molecular flexibility index (Phi) is 22.6. The molecule has 3 rings (SSSR count). The molecule has 13 nitrogen and oxygen atoms in total. The van der Waals surface area contributed by atoms with Crippen LogP contribution in [0.3, 0.4) is 0 Å². The van der Waals surface area contributed by atoms with E-state index in [1.807, 2.05) is 13.8 Å². The molecule has 0 saturated heterocycles. The number of carbonyl (C=O) groups is 5. The number of aliphatic hydroxyl groups is 1. The Morgan fingerprint density at radius 2 is 1.12 bits per heavy atom. The smallest absolute Gasteiger partial charge is 0.340 e. The Balaban J connectivity index is 2.11. The number of allylic oxidation sites excluding steroid dienone is 1. The van der Waals surface area contributed by atoms with Crippen molar-refractivity contribution in [2.75, 3.05) is 24.9 Å². The molecule has 0 heterocycles. The van der Waals surface area contributed by atoms with E-state index in [1.54, 1.807) is 24.3 Å². The van der Waals surface area contributed by atoms with Crippen LogP contribution in [0, 0.1) is 44.3 Å². The third kappa shape index (κ3) is 16.8. The number of nitrogens with one attached hydrogen (secondary N) is 2. The Bertz CT molecular complexity index is 2480. The lowest BCUT2D eigenvalue weighted by Crippen LogP contribution is -2.45. The van der Waals surface area contributed by atoms with Crippen LogP contribution in [-0.4, -0.2) is 54.2 Å². The average molecular weight is 1040 g/mol. The van der Waals surface area contributed by atoms with Crippen LogP contribution in [0.5, 0.6) is 0 Å². The number of carbonyl (C=O) groups excluding carboxylic acids is 4. The molecule has 0 aliphatic carbocycles. The van der Waals surface area contributed by atoms with E-state index in [2.05, 4.69) is 134 Å². The van der Waals surface area contributed by atoms with E-state index in [0.29, 0.717) is 37.1 Å². The monoisotopic (exact) mass is 1040 g/mol. The van der Waals surface area contributed by atoms with Crippen molar-refractivity contribution in [2.24, 2.45) is 54.6 Å². The Morgan fingerprint density at radius 3 is 1.59 bits per heavy atom. The van der Waals surface area contributed by atoms with E-state index < -0.39 is 57.9 Å². The minimum atomic E-state index is -0.810. The number of ether oxygens (including phenoxy) is 2. The predicted molar refractivity (Wildman–Crippen MR) is 301 cm³/mol. The second-order valence-corrected chi connectivity index (χ2v) is 23.9. The van der Waals surface area contributed by atoms with E-state index in [1.165, 1.54) is 44.9 Å². The Labute approximate surface area is 449 Å². The molecule has 414 valence electrons. The van der Waals surface area contributed by atoms with Gasteiger partial charge in [0.25, 0.3) is 5.91 Å². The lowest BCUT2D eigenvalue weighted by Gasteiger charge is -2.50. The van der Waals surface area contributed by atoms with Gasteiger partial charge in [-0.25, -0.2) is 9.59 Å². The third-order valence-corrected chi connectivity index (χ3v) is 17.5. The molecule has 2 amide bonds. The fraction of sp³-hybridized carbons (Fsp3) is 0.597. The van der Waals surface area contributed by atoms with Gasteiger partial charge in [0.05, 0.1) is 31.3 Å². The number of esters is 2. The lowest BCUT2D eigenvalue weighted by atomic mass is 9.54. The van der Waals surface area contributed by atoms with Crippen LogP contribution >= 0.6 is 0 Å². The standard InChI is InChI=1S/C62H92N4O9/c1-18-57(8,9)36-47(42-27-25-24-26-28-42)61(14,22-5)39-59(12,20-3)37-48(62(15,23-6)40-60(13,21-4)38-49(54(70)71)58(10,11)19-2)52(68)63-44-30-32-45(33-31-44)64-53(69)51(41(7)67)66-65-50-35-43(55(72)74-16)29-34-46(50)56(73)75-17/h24-35,47-49,67H,18-23,36-40H2,1-17H3,(H,63,68)(H,64,69)(H,70,71). The van der Waals surface area contributed by atoms with E-state index in [0.717, 1.165) is 44.9 Å². The summed E-state index contributed by atoms with van der Waals surface area (Å²) >= 11 is 0. The number of aliphatic carboxylic acids is 1. The second kappa shape index (κ2) is 26.8. The summed E-state index contributed by atoms with van der Waals surface area (Å²) in [6, 6.07) is 21.6. The summed E-state index contributed by atoms with van der Waals surface area (Å²) in [4.78, 5) is 66.8. The number of carboxylic acids is 1. The summed E-state index contributed by atoms with van der Waals surface area (Å²) in [7, 11) is 2.39. The molecular formula is C62H92N4O9. The van der Waals surface area contributed by atoms with Gasteiger partial charge < -0.3 is 30.3 Å². The minimum Gasteiger partial charge on any atom is -0.510 e. The zero-order valence-electron chi connectivity index (χ0n) is 48.6. The zero-order chi connectivity index (χ0) is 56.7. The van der Waals surface area contributed by atoms with Crippen molar-refractivity contribution < 1.29 is 43.7 Å². The Hall–Kier alpha value is -5.85. The quantitative estimate of drug-likeness (QED) is 0.0227. The molecule has 13 heteroatoms. The molecule has 4 N–H and O–H groups in total. The molecule has 0 aliphatic heterocycles. The van der Waals surface area contributed by atoms with Crippen LogP contribution in [0.25, 0.3) is 0 Å². The van der Waals surface area contributed by atoms with Gasteiger partial charge in [-0.3, -0.25) is 14.4 Å². The predicted octanol–water partition coefficient (Wildman–Crippen LogP) is 16.3. The van der Waals surface area contributed by atoms with E-state index >= 15 is 4.79 Å². The van der Waals surface area contributed by atoms with Gasteiger partial charge in [-0.05, 0) is 132 Å². The van der Waals surface area contributed by atoms with Crippen molar-refractivity contribution in [2.45, 2.75) is 180 Å². The minimum absolute atomic E-state index is 0.0346. The van der Waals surface area contributed by atoms with Crippen LogP contribution in [0.1, 0.15) is 207 Å². The first kappa shape index (κ1) is 63.4. The number of azo groups is 1. The maximum atomic E-state index is 15.4. The number of methoxy groups -OCH3 is 2. The highest BCUT2D eigenvalue weighted by atomic mass is 16.5. The maximum absolute atomic E-state index is 15.4. The highest BCUT2D eigenvalue weighted by Crippen LogP contribution is 2.57. The fourth-order valence-electron chi connectivity index (χ4n) is 10.9. The van der Waals surface area contributed by atoms with Gasteiger partial charge in [0, 0.05) is 17.3 Å². The molecule has 7 atom stereocenters. The van der Waals surface area contributed by atoms with Crippen LogP contribution in [0.4, 0.5) is 17.1 Å². The average Bonchev–Trinajstić information content (AvgIpc) is 3.38. The number of benzene rings is 3. The number of anilines is 2. The van der Waals surface area contributed by atoms with Crippen LogP contribution in [0.15, 0.2) is 94.5 Å². The normalized spacial score (nSPS) is 16.9. The number of rotatable bonds is 29. The molecule has 75 heavy (non-hydrogen) atoms. The van der Waals surface area contributed by atoms with Crippen LogP contribution in [0.2, 0.25) is 0 Å². The van der Waals surface area contributed by atoms with Crippen molar-refractivity contribution >= 4 is 46.8 Å². The van der Waals surface area contributed by atoms with E-state index in [4.69, 9.17) is 9.47 Å². The number of amides is 2. The molecule has 0 aromatic heterocycles. The van der Waals surface area contributed by atoms with Crippen LogP contribution < -0.4 is 10.6 Å². The van der Waals surface area contributed by atoms with Crippen molar-refractivity contribution in [1.29, 1.82) is 0 Å². The van der Waals surface area contributed by atoms with Gasteiger partial charge in [0.15, 0.2) is 5.70 Å². The first-order valence-electron chi connectivity index (χ1n) is 27.1. The van der Waals surface area contributed by atoms with E-state index in [9.17, 15) is 29.4 Å². The van der Waals surface area contributed by atoms with Gasteiger partial charge >= 0.3 is 17.9 Å². The number of hydrogen-bond donors (Lipinski definition) is 4. The summed E-state index contributed by atoms with van der Waals surface area (Å²) < 4.78 is 9.65. The highest BCUT2D eigenvalue weighted by molar-refractivity contribution is 6.04. The summed E-state index contributed by atoms with van der Waals surface area (Å²) in [5.74, 6) is -4.36. The summed E-state index contributed by atoms with van der Waals surface area (Å²) in [6.45, 7) is 32.5. The molecule has 0 bridgehead atoms. The largest absolute Gasteiger partial charge is 0.510 e. The molecule has 0 radical (unpaired) electrons. The van der Waals surface area contributed by atoms with E-state index in [-0.39, 0.29) is 50.3 Å². The fourth-order valence-corrected chi connectivity index (χ4v) is 10.9. The first-order chi connectivity index (χ1) is 35.0. The first-order valence-corrected chi connectivity index (χ1v) is 27.1. The maximum Gasteiger partial charge on any atom is 0.340 e. The van der Waals surface area contributed by atoms with Gasteiger partial charge in [0.2, 0.25) is 5.91 Å². The SMILES string of the molecule is CCC(C)(C)CC(c1ccccc1)C(C)(CC)CC(C)(CC)CC(C(=O)Nc1ccc(NC(=O)C(N=Nc2cc(C(=O)OC)ccc2C(=O)OC)=C(C)O)cc1)C(C)(CC)CC(C)(CC)CC(C(=O)O)C(C)(C)CC. The van der Waals surface area contributed by atoms with Crippen molar-refractivity contribution in [3.63, 3.8) is 0 Å². The van der Waals surface area contributed by atoms with Gasteiger partial charge in [-0.15, -0.1) is 10.2 Å². The number of hydrogen-bond acceptors (Lipinski definition) is 10. The molecule has 0 spiro atoms. The number of carboxylic acid groups (broad SMARTS) is 1. The number of nitrogens with zero attached hydrogens (tertiary/aromatic N) is 2. The molecule has 0 fully saturated rings. The van der Waals surface area contributed by atoms with Gasteiger partial charge in [-0.2, -0.15) is 0 Å². The van der Waals surface area contributed by atoms with Crippen LogP contribution in [-0.2, 0) is 23.9 Å².